The molecule has 0 saturated heterocycles. The van der Waals surface area contributed by atoms with Crippen LogP contribution in [0.25, 0.3) is 49.7 Å². The minimum Gasteiger partial charge on any atom is -0.310 e. The summed E-state index contributed by atoms with van der Waals surface area (Å²) in [7, 11) is 0. The molecule has 0 unspecified atom stereocenters. The van der Waals surface area contributed by atoms with Gasteiger partial charge >= 0.3 is 0 Å². The lowest BCUT2D eigenvalue weighted by molar-refractivity contribution is 0.632. The Hall–Kier alpha value is -6.84. The quantitative estimate of drug-likeness (QED) is 0.179. The van der Waals surface area contributed by atoms with E-state index in [-0.39, 0.29) is 5.41 Å². The molecule has 3 nitrogen and oxygen atoms in total. The molecule has 0 aliphatic carbocycles. The molecule has 54 heavy (non-hydrogen) atoms. The van der Waals surface area contributed by atoms with E-state index in [1.54, 1.807) is 0 Å². The predicted molar refractivity (Wildman–Crippen MR) is 227 cm³/mol. The predicted octanol–water partition coefficient (Wildman–Crippen LogP) is 14.0. The molecule has 0 radical (unpaired) electrons. The van der Waals surface area contributed by atoms with Crippen molar-refractivity contribution in [1.29, 1.82) is 0 Å². The highest BCUT2D eigenvalue weighted by Gasteiger charge is 2.37. The first-order valence-electron chi connectivity index (χ1n) is 18.8. The Morgan fingerprint density at radius 1 is 0.352 bits per heavy atom. The Kier molecular flexibility index (Phi) is 6.60. The van der Waals surface area contributed by atoms with Crippen molar-refractivity contribution in [3.8, 4) is 27.9 Å². The zero-order valence-corrected chi connectivity index (χ0v) is 30.2. The Labute approximate surface area is 315 Å². The van der Waals surface area contributed by atoms with Crippen molar-refractivity contribution in [3.05, 3.63) is 199 Å². The van der Waals surface area contributed by atoms with Crippen molar-refractivity contribution >= 4 is 55.9 Å². The van der Waals surface area contributed by atoms with Crippen LogP contribution in [-0.4, -0.2) is 4.57 Å². The fraction of sp³-hybridized carbons (Fsp3) is 0.0588. The van der Waals surface area contributed by atoms with Gasteiger partial charge in [-0.2, -0.15) is 0 Å². The normalized spacial score (nSPS) is 13.8. The summed E-state index contributed by atoms with van der Waals surface area (Å²) in [5, 5.41) is 2.45. The lowest BCUT2D eigenvalue weighted by Crippen LogP contribution is -2.30. The van der Waals surface area contributed by atoms with Gasteiger partial charge in [0.25, 0.3) is 0 Å². The van der Waals surface area contributed by atoms with Gasteiger partial charge in [-0.05, 0) is 82.9 Å². The smallest absolute Gasteiger partial charge is 0.0703 e. The van der Waals surface area contributed by atoms with Crippen molar-refractivity contribution in [2.75, 3.05) is 9.80 Å². The Morgan fingerprint density at radius 3 is 1.57 bits per heavy atom. The minimum atomic E-state index is -0.121. The van der Waals surface area contributed by atoms with E-state index >= 15 is 0 Å². The molecule has 0 N–H and O–H groups in total. The minimum absolute atomic E-state index is 0.121. The third-order valence-corrected chi connectivity index (χ3v) is 11.7. The van der Waals surface area contributed by atoms with E-state index in [4.69, 9.17) is 0 Å². The van der Waals surface area contributed by atoms with Gasteiger partial charge in [-0.1, -0.05) is 141 Å². The molecule has 0 amide bonds. The van der Waals surface area contributed by atoms with Gasteiger partial charge in [0.15, 0.2) is 0 Å². The van der Waals surface area contributed by atoms with Crippen LogP contribution in [0.15, 0.2) is 188 Å². The first kappa shape index (κ1) is 30.8. The van der Waals surface area contributed by atoms with Gasteiger partial charge in [-0.3, -0.25) is 0 Å². The van der Waals surface area contributed by atoms with E-state index in [1.807, 2.05) is 0 Å². The summed E-state index contributed by atoms with van der Waals surface area (Å²) in [4.78, 5) is 4.90. The summed E-state index contributed by atoms with van der Waals surface area (Å²) in [5.41, 5.74) is 17.9. The number of aromatic nitrogens is 1. The molecule has 8 aromatic carbocycles. The van der Waals surface area contributed by atoms with Gasteiger partial charge in [0.05, 0.1) is 39.5 Å². The Morgan fingerprint density at radius 2 is 0.870 bits per heavy atom. The molecule has 0 fully saturated rings. The number of benzene rings is 8. The number of hydrogen-bond donors (Lipinski definition) is 0. The van der Waals surface area contributed by atoms with Crippen LogP contribution < -0.4 is 9.80 Å². The Bertz CT molecular complexity index is 2880. The zero-order valence-electron chi connectivity index (χ0n) is 30.2. The van der Waals surface area contributed by atoms with Crippen LogP contribution in [0.4, 0.5) is 34.1 Å². The van der Waals surface area contributed by atoms with Gasteiger partial charge in [-0.25, -0.2) is 0 Å². The van der Waals surface area contributed by atoms with E-state index in [0.717, 1.165) is 28.4 Å². The third-order valence-electron chi connectivity index (χ3n) is 11.7. The number of hydrogen-bond acceptors (Lipinski definition) is 2. The molecule has 0 bridgehead atoms. The van der Waals surface area contributed by atoms with Gasteiger partial charge in [-0.15, -0.1) is 0 Å². The summed E-state index contributed by atoms with van der Waals surface area (Å²) < 4.78 is 2.51. The maximum Gasteiger partial charge on any atom is 0.0703 e. The highest BCUT2D eigenvalue weighted by Crippen LogP contribution is 2.54. The molecule has 0 saturated carbocycles. The van der Waals surface area contributed by atoms with E-state index in [0.29, 0.717) is 0 Å². The number of anilines is 6. The maximum absolute atomic E-state index is 2.51. The van der Waals surface area contributed by atoms with E-state index in [1.165, 1.54) is 66.6 Å². The number of rotatable bonds is 2. The number of para-hydroxylation sites is 7. The van der Waals surface area contributed by atoms with Gasteiger partial charge in [0.1, 0.15) is 0 Å². The van der Waals surface area contributed by atoms with E-state index in [2.05, 4.69) is 216 Å². The summed E-state index contributed by atoms with van der Waals surface area (Å²) in [5.74, 6) is 0. The van der Waals surface area contributed by atoms with Crippen molar-refractivity contribution in [2.45, 2.75) is 19.3 Å². The number of nitrogens with zero attached hydrogens (tertiary/aromatic N) is 3. The van der Waals surface area contributed by atoms with Crippen LogP contribution >= 0.6 is 0 Å². The van der Waals surface area contributed by atoms with Crippen LogP contribution in [0, 0.1) is 0 Å². The molecule has 256 valence electrons. The second kappa shape index (κ2) is 11.6. The molecule has 2 aliphatic rings. The van der Waals surface area contributed by atoms with E-state index < -0.39 is 0 Å². The fourth-order valence-corrected chi connectivity index (χ4v) is 9.29. The summed E-state index contributed by atoms with van der Waals surface area (Å²) >= 11 is 0. The molecule has 3 heterocycles. The average molecular weight is 692 g/mol. The van der Waals surface area contributed by atoms with E-state index in [9.17, 15) is 0 Å². The van der Waals surface area contributed by atoms with Crippen LogP contribution in [0.5, 0.6) is 0 Å². The summed E-state index contributed by atoms with van der Waals surface area (Å²) in [6.07, 6.45) is 0. The summed E-state index contributed by atoms with van der Waals surface area (Å²) in [6.45, 7) is 4.69. The first-order chi connectivity index (χ1) is 26.6. The number of fused-ring (bicyclic) bond motifs is 11. The molecular formula is C51H37N3. The topological polar surface area (TPSA) is 11.4 Å². The fourth-order valence-electron chi connectivity index (χ4n) is 9.29. The maximum atomic E-state index is 2.51. The summed E-state index contributed by atoms with van der Waals surface area (Å²) in [6, 6.07) is 69.1. The monoisotopic (exact) mass is 691 g/mol. The van der Waals surface area contributed by atoms with Crippen molar-refractivity contribution < 1.29 is 0 Å². The average Bonchev–Trinajstić information content (AvgIpc) is 3.56. The molecular weight excluding hydrogens is 655 g/mol. The van der Waals surface area contributed by atoms with Crippen molar-refractivity contribution in [3.63, 3.8) is 0 Å². The molecule has 1 aromatic heterocycles. The van der Waals surface area contributed by atoms with Gasteiger partial charge in [0.2, 0.25) is 0 Å². The van der Waals surface area contributed by atoms with Gasteiger partial charge in [0, 0.05) is 38.7 Å². The van der Waals surface area contributed by atoms with Gasteiger partial charge < -0.3 is 14.4 Å². The van der Waals surface area contributed by atoms with Crippen molar-refractivity contribution in [2.24, 2.45) is 0 Å². The van der Waals surface area contributed by atoms with Crippen LogP contribution in [-0.2, 0) is 5.41 Å². The second-order valence-electron chi connectivity index (χ2n) is 15.0. The molecule has 0 spiro atoms. The zero-order chi connectivity index (χ0) is 36.0. The van der Waals surface area contributed by atoms with Crippen LogP contribution in [0.2, 0.25) is 0 Å². The highest BCUT2D eigenvalue weighted by atomic mass is 15.2. The highest BCUT2D eigenvalue weighted by molar-refractivity contribution is 6.16. The van der Waals surface area contributed by atoms with Crippen LogP contribution in [0.1, 0.15) is 25.0 Å². The SMILES string of the molecule is CC1(C)c2ccccc2N(c2ccc3c(c2)c2cccc4c2n3-c2ccccc2N(c2ccccc2)c2ccccc2-c2ccccc2-4)c2ccccc21. The Balaban J connectivity index is 1.26. The third kappa shape index (κ3) is 4.30. The lowest BCUT2D eigenvalue weighted by atomic mass is 9.73. The van der Waals surface area contributed by atoms with Crippen LogP contribution in [0.3, 0.4) is 0 Å². The molecule has 9 aromatic rings. The van der Waals surface area contributed by atoms with Crippen molar-refractivity contribution in [1.82, 2.24) is 4.57 Å². The standard InChI is InChI=1S/C51H37N3/c1-51(2)42-24-9-12-27-46(42)53(47-28-13-10-25-43(47)51)35-31-32-45-41(33-35)40-23-16-22-39-37-20-7-6-19-36(37)38-21-8-11-26-44(38)52(34-17-4-3-5-18-34)48-29-14-15-30-49(48)54(45)50(39)40/h3-33H,1-2H3. The first-order valence-corrected chi connectivity index (χ1v) is 18.8. The molecule has 3 heteroatoms. The lowest BCUT2D eigenvalue weighted by Gasteiger charge is -2.42. The second-order valence-corrected chi connectivity index (χ2v) is 15.0. The molecule has 2 aliphatic heterocycles. The largest absolute Gasteiger partial charge is 0.310 e. The molecule has 0 atom stereocenters. The molecule has 11 rings (SSSR count).